The molecule has 194 valence electrons. The number of halogens is 5. The first-order valence-electron chi connectivity index (χ1n) is 11.7. The molecule has 0 fully saturated rings. The van der Waals surface area contributed by atoms with Gasteiger partial charge >= 0.3 is 6.18 Å². The zero-order valence-corrected chi connectivity index (χ0v) is 22.2. The van der Waals surface area contributed by atoms with E-state index in [0.29, 0.717) is 27.0 Å². The van der Waals surface area contributed by atoms with E-state index in [-0.39, 0.29) is 29.0 Å². The fraction of sp³-hybridized carbons (Fsp3) is 0.172. The van der Waals surface area contributed by atoms with Gasteiger partial charge in [0.25, 0.3) is 0 Å². The Kier molecular flexibility index (Phi) is 6.84. The van der Waals surface area contributed by atoms with Crippen LogP contribution in [0.25, 0.3) is 28.0 Å². The van der Waals surface area contributed by atoms with E-state index in [1.54, 1.807) is 49.4 Å². The van der Waals surface area contributed by atoms with Crippen molar-refractivity contribution in [3.05, 3.63) is 105 Å². The number of nitrogens with zero attached hydrogens (tertiary/aromatic N) is 3. The van der Waals surface area contributed by atoms with Crippen LogP contribution in [0.4, 0.5) is 13.2 Å². The number of aryl methyl sites for hydroxylation is 3. The molecule has 0 N–H and O–H groups in total. The van der Waals surface area contributed by atoms with Crippen LogP contribution in [0.1, 0.15) is 27.9 Å². The summed E-state index contributed by atoms with van der Waals surface area (Å²) in [5.41, 5.74) is 3.91. The van der Waals surface area contributed by atoms with E-state index >= 15 is 0 Å². The Balaban J connectivity index is 1.53. The van der Waals surface area contributed by atoms with E-state index in [2.05, 4.69) is 10.1 Å². The van der Waals surface area contributed by atoms with Crippen LogP contribution in [0, 0.1) is 20.8 Å². The highest BCUT2D eigenvalue weighted by atomic mass is 35.5. The molecule has 2 heterocycles. The van der Waals surface area contributed by atoms with Crippen molar-refractivity contribution in [1.82, 2.24) is 14.8 Å². The van der Waals surface area contributed by atoms with Gasteiger partial charge in [-0.1, -0.05) is 35.3 Å². The minimum Gasteiger partial charge on any atom is -0.489 e. The smallest absolute Gasteiger partial charge is 0.417 e. The highest BCUT2D eigenvalue weighted by molar-refractivity contribution is 6.42. The van der Waals surface area contributed by atoms with Gasteiger partial charge < -0.3 is 4.74 Å². The van der Waals surface area contributed by atoms with Gasteiger partial charge in [0.1, 0.15) is 12.4 Å². The van der Waals surface area contributed by atoms with Crippen LogP contribution >= 0.6 is 23.2 Å². The van der Waals surface area contributed by atoms with Crippen molar-refractivity contribution in [2.75, 3.05) is 0 Å². The number of hydrogen-bond donors (Lipinski definition) is 0. The molecule has 0 saturated carbocycles. The Labute approximate surface area is 227 Å². The average Bonchev–Trinajstić information content (AvgIpc) is 3.22. The molecular weight excluding hydrogens is 534 g/mol. The van der Waals surface area contributed by atoms with Crippen LogP contribution in [0.2, 0.25) is 10.0 Å². The Morgan fingerprint density at radius 2 is 1.58 bits per heavy atom. The van der Waals surface area contributed by atoms with Crippen LogP contribution in [-0.4, -0.2) is 14.8 Å². The first-order chi connectivity index (χ1) is 18.0. The summed E-state index contributed by atoms with van der Waals surface area (Å²) in [6.07, 6.45) is -4.58. The van der Waals surface area contributed by atoms with Crippen molar-refractivity contribution in [2.24, 2.45) is 0 Å². The lowest BCUT2D eigenvalue weighted by molar-refractivity contribution is -0.136. The third-order valence-electron chi connectivity index (χ3n) is 6.39. The normalized spacial score (nSPS) is 11.8. The van der Waals surface area contributed by atoms with Gasteiger partial charge in [0, 0.05) is 5.56 Å². The second kappa shape index (κ2) is 9.97. The maximum absolute atomic E-state index is 14.2. The third kappa shape index (κ3) is 5.08. The van der Waals surface area contributed by atoms with E-state index in [0.717, 1.165) is 22.8 Å². The Hall–Kier alpha value is -3.55. The summed E-state index contributed by atoms with van der Waals surface area (Å²) in [6, 6.07) is 18.7. The summed E-state index contributed by atoms with van der Waals surface area (Å²) >= 11 is 12.0. The molecule has 38 heavy (non-hydrogen) atoms. The number of ether oxygens (including phenoxy) is 1. The minimum atomic E-state index is -4.58. The third-order valence-corrected chi connectivity index (χ3v) is 7.13. The molecule has 0 atom stereocenters. The van der Waals surface area contributed by atoms with Crippen LogP contribution in [0.3, 0.4) is 0 Å². The van der Waals surface area contributed by atoms with Crippen LogP contribution in [0.5, 0.6) is 5.75 Å². The van der Waals surface area contributed by atoms with Gasteiger partial charge in [-0.3, -0.25) is 0 Å². The molecule has 0 bridgehead atoms. The zero-order valence-electron chi connectivity index (χ0n) is 20.7. The van der Waals surface area contributed by atoms with Crippen molar-refractivity contribution in [1.29, 1.82) is 0 Å². The second-order valence-electron chi connectivity index (χ2n) is 9.08. The van der Waals surface area contributed by atoms with E-state index in [1.165, 1.54) is 4.68 Å². The monoisotopic (exact) mass is 555 g/mol. The van der Waals surface area contributed by atoms with Gasteiger partial charge in [-0.25, -0.2) is 9.67 Å². The van der Waals surface area contributed by atoms with Gasteiger partial charge in [-0.15, -0.1) is 0 Å². The fourth-order valence-electron chi connectivity index (χ4n) is 4.22. The standard InChI is InChI=1S/C29H22Cl2F3N3O/c1-16-4-8-21(12-17(16)2)37-28-27(18(3)36-37)23(29(32,33)34)14-26(35-28)20-6-9-22(10-7-20)38-15-19-5-11-24(30)25(31)13-19/h4-14H,15H2,1-3H3. The topological polar surface area (TPSA) is 39.9 Å². The SMILES string of the molecule is Cc1ccc(-n2nc(C)c3c(C(F)(F)F)cc(-c4ccc(OCc5ccc(Cl)c(Cl)c5)cc4)nc32)cc1C. The quantitative estimate of drug-likeness (QED) is 0.217. The van der Waals surface area contributed by atoms with Crippen molar-refractivity contribution >= 4 is 34.2 Å². The van der Waals surface area contributed by atoms with Gasteiger partial charge in [-0.05, 0) is 92.1 Å². The largest absolute Gasteiger partial charge is 0.489 e. The van der Waals surface area contributed by atoms with E-state index < -0.39 is 11.7 Å². The lowest BCUT2D eigenvalue weighted by Crippen LogP contribution is -2.08. The van der Waals surface area contributed by atoms with E-state index in [9.17, 15) is 13.2 Å². The first-order valence-corrected chi connectivity index (χ1v) is 12.5. The number of fused-ring (bicyclic) bond motifs is 1. The summed E-state index contributed by atoms with van der Waals surface area (Å²) in [5, 5.41) is 5.31. The Bertz CT molecular complexity index is 1660. The molecule has 5 aromatic rings. The minimum absolute atomic E-state index is 0.0129. The lowest BCUT2D eigenvalue weighted by atomic mass is 10.0. The average molecular weight is 556 g/mol. The van der Waals surface area contributed by atoms with E-state index in [1.807, 2.05) is 32.0 Å². The van der Waals surface area contributed by atoms with Gasteiger partial charge in [0.05, 0.1) is 38.1 Å². The molecule has 0 saturated heterocycles. The fourth-order valence-corrected chi connectivity index (χ4v) is 4.54. The van der Waals surface area contributed by atoms with Gasteiger partial charge in [-0.2, -0.15) is 18.3 Å². The number of benzene rings is 3. The highest BCUT2D eigenvalue weighted by Crippen LogP contribution is 2.39. The Morgan fingerprint density at radius 3 is 2.24 bits per heavy atom. The summed E-state index contributed by atoms with van der Waals surface area (Å²) in [4.78, 5) is 4.64. The van der Waals surface area contributed by atoms with Gasteiger partial charge in [0.2, 0.25) is 0 Å². The van der Waals surface area contributed by atoms with Crippen molar-refractivity contribution < 1.29 is 17.9 Å². The first kappa shape index (κ1) is 26.1. The van der Waals surface area contributed by atoms with Gasteiger partial charge in [0.15, 0.2) is 5.65 Å². The van der Waals surface area contributed by atoms with Crippen molar-refractivity contribution in [3.8, 4) is 22.7 Å². The number of hydrogen-bond acceptors (Lipinski definition) is 3. The molecule has 0 unspecified atom stereocenters. The maximum atomic E-state index is 14.2. The molecule has 0 aliphatic carbocycles. The van der Waals surface area contributed by atoms with Crippen molar-refractivity contribution in [2.45, 2.75) is 33.6 Å². The van der Waals surface area contributed by atoms with Crippen LogP contribution in [0.15, 0.2) is 66.7 Å². The van der Waals surface area contributed by atoms with Crippen LogP contribution in [-0.2, 0) is 12.8 Å². The predicted octanol–water partition coefficient (Wildman–Crippen LogP) is 8.92. The molecule has 9 heteroatoms. The van der Waals surface area contributed by atoms with E-state index in [4.69, 9.17) is 27.9 Å². The molecule has 3 aromatic carbocycles. The zero-order chi connectivity index (χ0) is 27.2. The summed E-state index contributed by atoms with van der Waals surface area (Å²) < 4.78 is 49.9. The number of alkyl halides is 3. The number of rotatable bonds is 5. The molecule has 0 spiro atoms. The van der Waals surface area contributed by atoms with Crippen LogP contribution < -0.4 is 4.74 Å². The predicted molar refractivity (Wildman–Crippen MR) is 144 cm³/mol. The molecule has 5 rings (SSSR count). The molecule has 2 aromatic heterocycles. The second-order valence-corrected chi connectivity index (χ2v) is 9.89. The molecule has 0 aliphatic rings. The van der Waals surface area contributed by atoms with Crippen molar-refractivity contribution in [3.63, 3.8) is 0 Å². The molecule has 0 aliphatic heterocycles. The summed E-state index contributed by atoms with van der Waals surface area (Å²) in [5.74, 6) is 0.549. The molecule has 0 amide bonds. The molecular formula is C29H22Cl2F3N3O. The maximum Gasteiger partial charge on any atom is 0.417 e. The summed E-state index contributed by atoms with van der Waals surface area (Å²) in [6.45, 7) is 5.74. The highest BCUT2D eigenvalue weighted by Gasteiger charge is 2.36. The Morgan fingerprint density at radius 1 is 0.842 bits per heavy atom. The summed E-state index contributed by atoms with van der Waals surface area (Å²) in [7, 11) is 0. The lowest BCUT2D eigenvalue weighted by Gasteiger charge is -2.13. The molecule has 4 nitrogen and oxygen atoms in total. The number of aromatic nitrogens is 3. The molecule has 0 radical (unpaired) electrons. The number of pyridine rings is 1.